The number of rotatable bonds is 4. The smallest absolute Gasteiger partial charge is 0.0163 e. The Morgan fingerprint density at radius 3 is 2.50 bits per heavy atom. The number of piperidine rings is 1. The van der Waals surface area contributed by atoms with Crippen molar-refractivity contribution in [3.63, 3.8) is 0 Å². The normalized spacial score (nSPS) is 20.4. The summed E-state index contributed by atoms with van der Waals surface area (Å²) in [6.07, 6.45) is 11.4. The first-order valence-electron chi connectivity index (χ1n) is 5.31. The summed E-state index contributed by atoms with van der Waals surface area (Å²) in [6.45, 7) is 6.04. The van der Waals surface area contributed by atoms with E-state index in [2.05, 4.69) is 24.0 Å². The van der Waals surface area contributed by atoms with Crippen LogP contribution >= 0.6 is 0 Å². The molecule has 1 heteroatoms. The molecule has 1 aliphatic rings. The molecule has 12 heavy (non-hydrogen) atoms. The molecule has 0 spiro atoms. The minimum atomic E-state index is 1.18. The quantitative estimate of drug-likeness (QED) is 0.582. The molecule has 0 aliphatic carbocycles. The van der Waals surface area contributed by atoms with Crippen LogP contribution in [0.5, 0.6) is 0 Å². The molecule has 0 saturated carbocycles. The molecule has 70 valence electrons. The van der Waals surface area contributed by atoms with E-state index >= 15 is 0 Å². The van der Waals surface area contributed by atoms with Gasteiger partial charge in [-0.25, -0.2) is 0 Å². The van der Waals surface area contributed by atoms with Gasteiger partial charge < -0.3 is 0 Å². The van der Waals surface area contributed by atoms with Gasteiger partial charge in [-0.3, -0.25) is 4.90 Å². The van der Waals surface area contributed by atoms with Crippen molar-refractivity contribution >= 4 is 0 Å². The van der Waals surface area contributed by atoms with Gasteiger partial charge in [-0.2, -0.15) is 0 Å². The van der Waals surface area contributed by atoms with Gasteiger partial charge in [0, 0.05) is 6.54 Å². The van der Waals surface area contributed by atoms with Crippen LogP contribution in [0.15, 0.2) is 12.2 Å². The van der Waals surface area contributed by atoms with Crippen molar-refractivity contribution in [3.8, 4) is 0 Å². The first-order valence-corrected chi connectivity index (χ1v) is 5.31. The molecule has 0 bridgehead atoms. The van der Waals surface area contributed by atoms with Gasteiger partial charge in [0.2, 0.25) is 0 Å². The predicted molar refractivity (Wildman–Crippen MR) is 54.3 cm³/mol. The first kappa shape index (κ1) is 9.79. The molecule has 0 atom stereocenters. The van der Waals surface area contributed by atoms with Crippen molar-refractivity contribution in [1.82, 2.24) is 4.90 Å². The van der Waals surface area contributed by atoms with E-state index in [-0.39, 0.29) is 0 Å². The second kappa shape index (κ2) is 6.24. The monoisotopic (exact) mass is 167 g/mol. The Labute approximate surface area is 76.5 Å². The summed E-state index contributed by atoms with van der Waals surface area (Å²) in [7, 11) is 0. The van der Waals surface area contributed by atoms with Gasteiger partial charge in [-0.1, -0.05) is 31.9 Å². The van der Waals surface area contributed by atoms with Gasteiger partial charge in [0.25, 0.3) is 0 Å². The molecule has 0 N–H and O–H groups in total. The van der Waals surface area contributed by atoms with Crippen molar-refractivity contribution < 1.29 is 0 Å². The van der Waals surface area contributed by atoms with E-state index in [0.29, 0.717) is 0 Å². The molecule has 1 nitrogen and oxygen atoms in total. The van der Waals surface area contributed by atoms with Crippen LogP contribution in [-0.4, -0.2) is 24.5 Å². The summed E-state index contributed by atoms with van der Waals surface area (Å²) in [6, 6.07) is 0. The van der Waals surface area contributed by atoms with Crippen LogP contribution in [0, 0.1) is 0 Å². The molecule has 1 heterocycles. The van der Waals surface area contributed by atoms with E-state index in [0.717, 1.165) is 0 Å². The summed E-state index contributed by atoms with van der Waals surface area (Å²) < 4.78 is 0. The Bertz CT molecular complexity index is 123. The molecule has 1 rings (SSSR count). The summed E-state index contributed by atoms with van der Waals surface area (Å²) in [5.74, 6) is 0. The zero-order chi connectivity index (χ0) is 8.65. The number of hydrogen-bond acceptors (Lipinski definition) is 1. The van der Waals surface area contributed by atoms with Crippen LogP contribution < -0.4 is 0 Å². The van der Waals surface area contributed by atoms with E-state index in [9.17, 15) is 0 Å². The highest BCUT2D eigenvalue weighted by Gasteiger charge is 2.06. The maximum absolute atomic E-state index is 2.55. The van der Waals surface area contributed by atoms with E-state index in [4.69, 9.17) is 0 Å². The third-order valence-corrected chi connectivity index (χ3v) is 2.43. The lowest BCUT2D eigenvalue weighted by atomic mass is 10.1. The molecule has 1 saturated heterocycles. The Morgan fingerprint density at radius 2 is 1.83 bits per heavy atom. The molecular formula is C11H21N. The zero-order valence-electron chi connectivity index (χ0n) is 8.26. The molecule has 0 radical (unpaired) electrons. The van der Waals surface area contributed by atoms with Crippen LogP contribution in [0.2, 0.25) is 0 Å². The number of nitrogens with zero attached hydrogens (tertiary/aromatic N) is 1. The SMILES string of the molecule is CCCC=CCN1CCCCC1. The average Bonchev–Trinajstić information content (AvgIpc) is 2.14. The lowest BCUT2D eigenvalue weighted by molar-refractivity contribution is 0.251. The topological polar surface area (TPSA) is 3.24 Å². The van der Waals surface area contributed by atoms with Gasteiger partial charge in [0.15, 0.2) is 0 Å². The Balaban J connectivity index is 2.04. The standard InChI is InChI=1S/C11H21N/c1-2-3-4-6-9-12-10-7-5-8-11-12/h4,6H,2-3,5,7-11H2,1H3. The van der Waals surface area contributed by atoms with E-state index in [1.807, 2.05) is 0 Å². The van der Waals surface area contributed by atoms with Crippen LogP contribution in [0.4, 0.5) is 0 Å². The second-order valence-corrected chi connectivity index (χ2v) is 3.62. The molecule has 0 unspecified atom stereocenters. The summed E-state index contributed by atoms with van der Waals surface area (Å²) in [4.78, 5) is 2.55. The molecule has 1 fully saturated rings. The fraction of sp³-hybridized carbons (Fsp3) is 0.818. The van der Waals surface area contributed by atoms with Crippen LogP contribution in [-0.2, 0) is 0 Å². The second-order valence-electron chi connectivity index (χ2n) is 3.62. The van der Waals surface area contributed by atoms with Crippen molar-refractivity contribution in [2.75, 3.05) is 19.6 Å². The summed E-state index contributed by atoms with van der Waals surface area (Å²) in [5, 5.41) is 0. The highest BCUT2D eigenvalue weighted by Crippen LogP contribution is 2.07. The molecule has 0 aromatic heterocycles. The first-order chi connectivity index (χ1) is 5.93. The number of hydrogen-bond donors (Lipinski definition) is 0. The van der Waals surface area contributed by atoms with Crippen molar-refractivity contribution in [2.45, 2.75) is 39.0 Å². The van der Waals surface area contributed by atoms with Crippen molar-refractivity contribution in [1.29, 1.82) is 0 Å². The number of unbranched alkanes of at least 4 members (excludes halogenated alkanes) is 1. The molecule has 0 aromatic carbocycles. The lowest BCUT2D eigenvalue weighted by Crippen LogP contribution is -2.29. The van der Waals surface area contributed by atoms with Crippen LogP contribution in [0.25, 0.3) is 0 Å². The Kier molecular flexibility index (Phi) is 5.09. The third-order valence-electron chi connectivity index (χ3n) is 2.43. The number of likely N-dealkylation sites (tertiary alicyclic amines) is 1. The Hall–Kier alpha value is -0.300. The molecule has 0 amide bonds. The minimum Gasteiger partial charge on any atom is -0.300 e. The molecule has 0 aromatic rings. The van der Waals surface area contributed by atoms with E-state index in [1.165, 1.54) is 51.7 Å². The third kappa shape index (κ3) is 3.91. The molecular weight excluding hydrogens is 146 g/mol. The fourth-order valence-corrected chi connectivity index (χ4v) is 1.65. The summed E-state index contributed by atoms with van der Waals surface area (Å²) >= 11 is 0. The van der Waals surface area contributed by atoms with Crippen LogP contribution in [0.1, 0.15) is 39.0 Å². The van der Waals surface area contributed by atoms with E-state index in [1.54, 1.807) is 0 Å². The van der Waals surface area contributed by atoms with Gasteiger partial charge in [0.1, 0.15) is 0 Å². The molecule has 1 aliphatic heterocycles. The minimum absolute atomic E-state index is 1.18. The highest BCUT2D eigenvalue weighted by atomic mass is 15.1. The van der Waals surface area contributed by atoms with Crippen molar-refractivity contribution in [2.24, 2.45) is 0 Å². The van der Waals surface area contributed by atoms with Gasteiger partial charge in [0.05, 0.1) is 0 Å². The predicted octanol–water partition coefficient (Wildman–Crippen LogP) is 2.83. The van der Waals surface area contributed by atoms with Gasteiger partial charge in [-0.05, 0) is 32.4 Å². The maximum Gasteiger partial charge on any atom is 0.0163 e. The van der Waals surface area contributed by atoms with Gasteiger partial charge in [-0.15, -0.1) is 0 Å². The zero-order valence-corrected chi connectivity index (χ0v) is 8.26. The largest absolute Gasteiger partial charge is 0.300 e. The summed E-state index contributed by atoms with van der Waals surface area (Å²) in [5.41, 5.74) is 0. The maximum atomic E-state index is 2.55. The fourth-order valence-electron chi connectivity index (χ4n) is 1.65. The highest BCUT2D eigenvalue weighted by molar-refractivity contribution is 4.85. The van der Waals surface area contributed by atoms with Crippen LogP contribution in [0.3, 0.4) is 0 Å². The van der Waals surface area contributed by atoms with Gasteiger partial charge >= 0.3 is 0 Å². The van der Waals surface area contributed by atoms with E-state index < -0.39 is 0 Å². The number of allylic oxidation sites excluding steroid dienone is 1. The van der Waals surface area contributed by atoms with Crippen molar-refractivity contribution in [3.05, 3.63) is 12.2 Å². The average molecular weight is 167 g/mol. The Morgan fingerprint density at radius 1 is 1.08 bits per heavy atom. The lowest BCUT2D eigenvalue weighted by Gasteiger charge is -2.24.